The third kappa shape index (κ3) is 3.70. The first-order chi connectivity index (χ1) is 9.11. The molecular weight excluding hydrogens is 261 g/mol. The van der Waals surface area contributed by atoms with Gasteiger partial charge in [-0.05, 0) is 48.9 Å². The van der Waals surface area contributed by atoms with Crippen LogP contribution in [0.4, 0.5) is 4.39 Å². The molecule has 0 aliphatic heterocycles. The quantitative estimate of drug-likeness (QED) is 0.843. The predicted octanol–water partition coefficient (Wildman–Crippen LogP) is 4.44. The van der Waals surface area contributed by atoms with Crippen LogP contribution in [0.3, 0.4) is 0 Å². The van der Waals surface area contributed by atoms with E-state index in [4.69, 9.17) is 11.6 Å². The number of nitrogens with one attached hydrogen (secondary N) is 1. The smallest absolute Gasteiger partial charge is 0.127 e. The monoisotopic (exact) mass is 283 g/mol. The highest BCUT2D eigenvalue weighted by molar-refractivity contribution is 6.30. The van der Waals surface area contributed by atoms with Crippen LogP contribution in [-0.2, 0) is 6.42 Å². The molecule has 0 amide bonds. The molecule has 3 heteroatoms. The molecule has 0 bridgehead atoms. The van der Waals surface area contributed by atoms with Gasteiger partial charge < -0.3 is 5.32 Å². The standard InChI is InChI=1S/C16H23ClFN/c1-3-19-16(14-6-4-5-11(14)2)9-12-7-8-13(17)10-15(12)18/h7-8,10-11,14,16,19H,3-6,9H2,1-2H3. The van der Waals surface area contributed by atoms with Crippen LogP contribution in [0.15, 0.2) is 18.2 Å². The zero-order valence-corrected chi connectivity index (χ0v) is 12.5. The highest BCUT2D eigenvalue weighted by Gasteiger charge is 2.30. The fraction of sp³-hybridized carbons (Fsp3) is 0.625. The van der Waals surface area contributed by atoms with E-state index in [2.05, 4.69) is 19.2 Å². The second kappa shape index (κ2) is 6.71. The van der Waals surface area contributed by atoms with Crippen molar-refractivity contribution in [3.8, 4) is 0 Å². The van der Waals surface area contributed by atoms with Crippen LogP contribution in [-0.4, -0.2) is 12.6 Å². The van der Waals surface area contributed by atoms with Crippen molar-refractivity contribution in [3.05, 3.63) is 34.6 Å². The van der Waals surface area contributed by atoms with E-state index in [0.29, 0.717) is 17.0 Å². The van der Waals surface area contributed by atoms with Gasteiger partial charge in [-0.15, -0.1) is 0 Å². The van der Waals surface area contributed by atoms with Crippen molar-refractivity contribution in [2.24, 2.45) is 11.8 Å². The van der Waals surface area contributed by atoms with Gasteiger partial charge in [-0.2, -0.15) is 0 Å². The fourth-order valence-corrected chi connectivity index (χ4v) is 3.49. The van der Waals surface area contributed by atoms with Gasteiger partial charge >= 0.3 is 0 Å². The molecule has 1 aliphatic rings. The summed E-state index contributed by atoms with van der Waals surface area (Å²) in [5.74, 6) is 1.22. The average molecular weight is 284 g/mol. The maximum absolute atomic E-state index is 13.9. The highest BCUT2D eigenvalue weighted by atomic mass is 35.5. The molecule has 1 saturated carbocycles. The van der Waals surface area contributed by atoms with E-state index in [0.717, 1.165) is 24.4 Å². The van der Waals surface area contributed by atoms with Crippen molar-refractivity contribution in [3.63, 3.8) is 0 Å². The van der Waals surface area contributed by atoms with Crippen molar-refractivity contribution in [1.29, 1.82) is 0 Å². The molecule has 3 unspecified atom stereocenters. The van der Waals surface area contributed by atoms with Gasteiger partial charge in [0.2, 0.25) is 0 Å². The van der Waals surface area contributed by atoms with Crippen molar-refractivity contribution < 1.29 is 4.39 Å². The Balaban J connectivity index is 2.11. The van der Waals surface area contributed by atoms with Gasteiger partial charge in [0.1, 0.15) is 5.82 Å². The molecule has 19 heavy (non-hydrogen) atoms. The van der Waals surface area contributed by atoms with Crippen molar-refractivity contribution in [2.75, 3.05) is 6.54 Å². The lowest BCUT2D eigenvalue weighted by atomic mass is 9.86. The van der Waals surface area contributed by atoms with Gasteiger partial charge in [0, 0.05) is 11.1 Å². The Morgan fingerprint density at radius 1 is 1.42 bits per heavy atom. The Kier molecular flexibility index (Phi) is 5.23. The van der Waals surface area contributed by atoms with E-state index in [1.165, 1.54) is 25.3 Å². The zero-order valence-electron chi connectivity index (χ0n) is 11.8. The number of hydrogen-bond acceptors (Lipinski definition) is 1. The highest BCUT2D eigenvalue weighted by Crippen LogP contribution is 2.35. The topological polar surface area (TPSA) is 12.0 Å². The van der Waals surface area contributed by atoms with E-state index >= 15 is 0 Å². The molecule has 106 valence electrons. The molecule has 1 nitrogen and oxygen atoms in total. The number of likely N-dealkylation sites (N-methyl/N-ethyl adjacent to an activating group) is 1. The molecule has 1 fully saturated rings. The van der Waals surface area contributed by atoms with Crippen LogP contribution in [0.2, 0.25) is 5.02 Å². The van der Waals surface area contributed by atoms with Gasteiger partial charge in [0.05, 0.1) is 0 Å². The normalized spacial score (nSPS) is 24.6. The fourth-order valence-electron chi connectivity index (χ4n) is 3.33. The second-order valence-electron chi connectivity index (χ2n) is 5.68. The van der Waals surface area contributed by atoms with Crippen LogP contribution < -0.4 is 5.32 Å². The van der Waals surface area contributed by atoms with Crippen LogP contribution >= 0.6 is 11.6 Å². The Morgan fingerprint density at radius 3 is 2.79 bits per heavy atom. The largest absolute Gasteiger partial charge is 0.314 e. The molecule has 1 aromatic carbocycles. The average Bonchev–Trinajstić information content (AvgIpc) is 2.78. The minimum atomic E-state index is -0.180. The van der Waals surface area contributed by atoms with Crippen molar-refractivity contribution in [1.82, 2.24) is 5.32 Å². The molecule has 0 spiro atoms. The van der Waals surface area contributed by atoms with E-state index in [-0.39, 0.29) is 5.82 Å². The summed E-state index contributed by atoms with van der Waals surface area (Å²) in [6.45, 7) is 5.37. The zero-order chi connectivity index (χ0) is 13.8. The van der Waals surface area contributed by atoms with Gasteiger partial charge in [0.15, 0.2) is 0 Å². The third-order valence-electron chi connectivity index (χ3n) is 4.37. The summed E-state index contributed by atoms with van der Waals surface area (Å²) in [5.41, 5.74) is 0.773. The Bertz CT molecular complexity index is 421. The minimum Gasteiger partial charge on any atom is -0.314 e. The summed E-state index contributed by atoms with van der Waals surface area (Å²) in [4.78, 5) is 0. The van der Waals surface area contributed by atoms with Crippen molar-refractivity contribution >= 4 is 11.6 Å². The van der Waals surface area contributed by atoms with Crippen molar-refractivity contribution in [2.45, 2.75) is 45.6 Å². The maximum Gasteiger partial charge on any atom is 0.127 e. The molecule has 1 aromatic rings. The predicted molar refractivity (Wildman–Crippen MR) is 79.1 cm³/mol. The summed E-state index contributed by atoms with van der Waals surface area (Å²) in [6.07, 6.45) is 4.62. The number of rotatable bonds is 5. The second-order valence-corrected chi connectivity index (χ2v) is 6.11. The first kappa shape index (κ1) is 14.8. The summed E-state index contributed by atoms with van der Waals surface area (Å²) >= 11 is 5.81. The van der Waals surface area contributed by atoms with Gasteiger partial charge in [-0.3, -0.25) is 0 Å². The molecule has 1 N–H and O–H groups in total. The van der Waals surface area contributed by atoms with Crippen LogP contribution in [0.1, 0.15) is 38.7 Å². The molecule has 0 aromatic heterocycles. The number of halogens is 2. The van der Waals surface area contributed by atoms with Gasteiger partial charge in [0.25, 0.3) is 0 Å². The summed E-state index contributed by atoms with van der Waals surface area (Å²) < 4.78 is 13.9. The third-order valence-corrected chi connectivity index (χ3v) is 4.60. The minimum absolute atomic E-state index is 0.180. The molecular formula is C16H23ClFN. The molecule has 0 radical (unpaired) electrons. The lowest BCUT2D eigenvalue weighted by Gasteiger charge is -2.28. The number of benzene rings is 1. The maximum atomic E-state index is 13.9. The Hall–Kier alpha value is -0.600. The first-order valence-corrected chi connectivity index (χ1v) is 7.67. The Labute approximate surface area is 120 Å². The van der Waals surface area contributed by atoms with Crippen LogP contribution in [0, 0.1) is 17.7 Å². The SMILES string of the molecule is CCNC(Cc1ccc(Cl)cc1F)C1CCCC1C. The summed E-state index contributed by atoms with van der Waals surface area (Å²) in [7, 11) is 0. The molecule has 0 saturated heterocycles. The van der Waals surface area contributed by atoms with Crippen LogP contribution in [0.25, 0.3) is 0 Å². The molecule has 3 atom stereocenters. The van der Waals surface area contributed by atoms with Gasteiger partial charge in [-0.1, -0.05) is 44.4 Å². The molecule has 0 heterocycles. The summed E-state index contributed by atoms with van der Waals surface area (Å²) in [6, 6.07) is 5.39. The van der Waals surface area contributed by atoms with E-state index < -0.39 is 0 Å². The van der Waals surface area contributed by atoms with Crippen LogP contribution in [0.5, 0.6) is 0 Å². The van der Waals surface area contributed by atoms with Gasteiger partial charge in [-0.25, -0.2) is 4.39 Å². The van der Waals surface area contributed by atoms with E-state index in [9.17, 15) is 4.39 Å². The number of hydrogen-bond donors (Lipinski definition) is 1. The lowest BCUT2D eigenvalue weighted by molar-refractivity contribution is 0.297. The van der Waals surface area contributed by atoms with E-state index in [1.807, 2.05) is 6.07 Å². The lowest BCUT2D eigenvalue weighted by Crippen LogP contribution is -2.39. The summed E-state index contributed by atoms with van der Waals surface area (Å²) in [5, 5.41) is 4.01. The Morgan fingerprint density at radius 2 is 2.21 bits per heavy atom. The molecule has 2 rings (SSSR count). The van der Waals surface area contributed by atoms with E-state index in [1.54, 1.807) is 6.07 Å². The molecule has 1 aliphatic carbocycles. The first-order valence-electron chi connectivity index (χ1n) is 7.29.